The molecule has 3 rings (SSSR count). The molecule has 0 unspecified atom stereocenters. The van der Waals surface area contributed by atoms with E-state index in [2.05, 4.69) is 20.1 Å². The van der Waals surface area contributed by atoms with E-state index in [1.165, 1.54) is 10.6 Å². The lowest BCUT2D eigenvalue weighted by atomic mass is 10.2. The summed E-state index contributed by atoms with van der Waals surface area (Å²) in [5.41, 5.74) is 1.25. The lowest BCUT2D eigenvalue weighted by molar-refractivity contribution is 0.0687. The van der Waals surface area contributed by atoms with E-state index in [9.17, 15) is 9.90 Å². The van der Waals surface area contributed by atoms with Gasteiger partial charge in [0.15, 0.2) is 5.69 Å². The Morgan fingerprint density at radius 3 is 2.89 bits per heavy atom. The van der Waals surface area contributed by atoms with E-state index >= 15 is 0 Å². The highest BCUT2D eigenvalue weighted by molar-refractivity contribution is 5.87. The number of rotatable bonds is 2. The normalized spacial score (nSPS) is 10.8. The molecule has 7 heteroatoms. The second kappa shape index (κ2) is 4.13. The minimum atomic E-state index is -1.08. The van der Waals surface area contributed by atoms with Crippen LogP contribution in [0.25, 0.3) is 17.0 Å². The third-order valence-electron chi connectivity index (χ3n) is 2.59. The van der Waals surface area contributed by atoms with Gasteiger partial charge in [0.2, 0.25) is 0 Å². The third kappa shape index (κ3) is 1.90. The van der Waals surface area contributed by atoms with E-state index in [4.69, 9.17) is 0 Å². The molecule has 0 aliphatic carbocycles. The predicted octanol–water partition coefficient (Wildman–Crippen LogP) is 1.19. The Balaban J connectivity index is 2.30. The van der Waals surface area contributed by atoms with Crippen molar-refractivity contribution in [2.75, 3.05) is 0 Å². The van der Waals surface area contributed by atoms with Crippen molar-refractivity contribution < 1.29 is 9.90 Å². The summed E-state index contributed by atoms with van der Waals surface area (Å²) >= 11 is 0. The predicted molar refractivity (Wildman–Crippen MR) is 65.7 cm³/mol. The van der Waals surface area contributed by atoms with Crippen molar-refractivity contribution in [3.63, 3.8) is 0 Å². The molecule has 0 spiro atoms. The number of aryl methyl sites for hydroxylation is 1. The van der Waals surface area contributed by atoms with E-state index in [1.54, 1.807) is 31.5 Å². The van der Waals surface area contributed by atoms with Gasteiger partial charge in [0, 0.05) is 18.0 Å². The van der Waals surface area contributed by atoms with Crippen LogP contribution in [0.1, 0.15) is 16.3 Å². The summed E-state index contributed by atoms with van der Waals surface area (Å²) in [4.78, 5) is 23.7. The highest BCUT2D eigenvalue weighted by Gasteiger charge is 2.15. The first kappa shape index (κ1) is 11.3. The first-order valence-corrected chi connectivity index (χ1v) is 5.53. The molecular formula is C12H9N5O2. The highest BCUT2D eigenvalue weighted by atomic mass is 16.4. The Kier molecular flexibility index (Phi) is 2.45. The second-order valence-electron chi connectivity index (χ2n) is 3.94. The number of nitrogens with zero attached hydrogens (tertiary/aromatic N) is 5. The third-order valence-corrected chi connectivity index (χ3v) is 2.59. The minimum Gasteiger partial charge on any atom is -0.477 e. The minimum absolute atomic E-state index is 0.0180. The van der Waals surface area contributed by atoms with Gasteiger partial charge in [0.05, 0.1) is 5.69 Å². The van der Waals surface area contributed by atoms with Crippen molar-refractivity contribution in [3.05, 3.63) is 42.1 Å². The van der Waals surface area contributed by atoms with Crippen LogP contribution in [0.15, 0.2) is 30.6 Å². The van der Waals surface area contributed by atoms with Crippen molar-refractivity contribution in [1.82, 2.24) is 24.6 Å². The number of carboxylic acid groups (broad SMARTS) is 1. The van der Waals surface area contributed by atoms with Crippen molar-refractivity contribution in [2.24, 2.45) is 0 Å². The number of hydrogen-bond acceptors (Lipinski definition) is 5. The maximum absolute atomic E-state index is 11.3. The molecule has 0 amide bonds. The number of hydrogen-bond donors (Lipinski definition) is 1. The Bertz CT molecular complexity index is 766. The van der Waals surface area contributed by atoms with Gasteiger partial charge in [-0.1, -0.05) is 0 Å². The molecule has 3 aromatic heterocycles. The van der Waals surface area contributed by atoms with Gasteiger partial charge in [-0.25, -0.2) is 9.78 Å². The molecule has 3 aromatic rings. The zero-order valence-electron chi connectivity index (χ0n) is 9.98. The van der Waals surface area contributed by atoms with Crippen LogP contribution in [-0.2, 0) is 0 Å². The molecule has 0 atom stereocenters. The lowest BCUT2D eigenvalue weighted by Gasteiger charge is -2.03. The Labute approximate surface area is 107 Å². The first-order valence-electron chi connectivity index (χ1n) is 5.53. The second-order valence-corrected chi connectivity index (χ2v) is 3.94. The van der Waals surface area contributed by atoms with Crippen molar-refractivity contribution in [3.8, 4) is 11.3 Å². The Morgan fingerprint density at radius 2 is 2.21 bits per heavy atom. The largest absolute Gasteiger partial charge is 0.477 e. The van der Waals surface area contributed by atoms with E-state index in [0.29, 0.717) is 11.5 Å². The highest BCUT2D eigenvalue weighted by Crippen LogP contribution is 2.18. The zero-order valence-corrected chi connectivity index (χ0v) is 9.98. The molecule has 7 nitrogen and oxygen atoms in total. The molecule has 19 heavy (non-hydrogen) atoms. The number of carbonyl (C=O) groups is 1. The van der Waals surface area contributed by atoms with E-state index in [-0.39, 0.29) is 11.5 Å². The van der Waals surface area contributed by atoms with Crippen LogP contribution >= 0.6 is 0 Å². The van der Waals surface area contributed by atoms with Crippen LogP contribution in [0, 0.1) is 6.92 Å². The fraction of sp³-hybridized carbons (Fsp3) is 0.0833. The maximum Gasteiger partial charge on any atom is 0.354 e. The van der Waals surface area contributed by atoms with Crippen molar-refractivity contribution >= 4 is 11.7 Å². The van der Waals surface area contributed by atoms with E-state index < -0.39 is 5.97 Å². The van der Waals surface area contributed by atoms with E-state index in [1.807, 2.05) is 0 Å². The standard InChI is InChI=1S/C12H9N5O2/c1-7-14-12-15-9(8-3-2-4-13-6-8)5-10(11(18)19)17(12)16-7/h2-6H,1H3,(H,18,19). The fourth-order valence-corrected chi connectivity index (χ4v) is 1.78. The molecule has 1 N–H and O–H groups in total. The number of fused-ring (bicyclic) bond motifs is 1. The molecule has 0 aliphatic heterocycles. The topological polar surface area (TPSA) is 93.3 Å². The summed E-state index contributed by atoms with van der Waals surface area (Å²) < 4.78 is 1.22. The molecule has 0 fully saturated rings. The monoisotopic (exact) mass is 255 g/mol. The van der Waals surface area contributed by atoms with Gasteiger partial charge in [-0.05, 0) is 25.1 Å². The van der Waals surface area contributed by atoms with Gasteiger partial charge in [-0.15, -0.1) is 5.10 Å². The van der Waals surface area contributed by atoms with Gasteiger partial charge in [-0.2, -0.15) is 9.50 Å². The average molecular weight is 255 g/mol. The molecular weight excluding hydrogens is 246 g/mol. The SMILES string of the molecule is Cc1nc2nc(-c3cccnc3)cc(C(=O)O)n2n1. The molecule has 0 aliphatic rings. The van der Waals surface area contributed by atoms with Crippen molar-refractivity contribution in [1.29, 1.82) is 0 Å². The van der Waals surface area contributed by atoms with Crippen LogP contribution in [0.3, 0.4) is 0 Å². The Hall–Kier alpha value is -2.83. The van der Waals surface area contributed by atoms with Gasteiger partial charge >= 0.3 is 5.97 Å². The summed E-state index contributed by atoms with van der Waals surface area (Å²) in [6.45, 7) is 1.68. The average Bonchev–Trinajstić information content (AvgIpc) is 2.78. The van der Waals surface area contributed by atoms with Crippen LogP contribution in [0.2, 0.25) is 0 Å². The smallest absolute Gasteiger partial charge is 0.354 e. The molecule has 94 valence electrons. The van der Waals surface area contributed by atoms with Crippen LogP contribution in [0.5, 0.6) is 0 Å². The lowest BCUT2D eigenvalue weighted by Crippen LogP contribution is -2.08. The van der Waals surface area contributed by atoms with Gasteiger partial charge in [0.25, 0.3) is 5.78 Å². The van der Waals surface area contributed by atoms with Crippen LogP contribution < -0.4 is 0 Å². The number of aromatic carboxylic acids is 1. The Morgan fingerprint density at radius 1 is 1.37 bits per heavy atom. The van der Waals surface area contributed by atoms with Crippen molar-refractivity contribution in [2.45, 2.75) is 6.92 Å². The summed E-state index contributed by atoms with van der Waals surface area (Å²) in [6.07, 6.45) is 3.26. The number of carboxylic acids is 1. The van der Waals surface area contributed by atoms with Gasteiger partial charge in [0.1, 0.15) is 5.82 Å². The zero-order chi connectivity index (χ0) is 13.4. The molecule has 0 radical (unpaired) electrons. The van der Waals surface area contributed by atoms with Crippen LogP contribution in [-0.4, -0.2) is 35.6 Å². The summed E-state index contributed by atoms with van der Waals surface area (Å²) in [7, 11) is 0. The summed E-state index contributed by atoms with van der Waals surface area (Å²) in [6, 6.07) is 5.03. The first-order chi connectivity index (χ1) is 9.15. The van der Waals surface area contributed by atoms with Gasteiger partial charge in [-0.3, -0.25) is 4.98 Å². The van der Waals surface area contributed by atoms with Crippen LogP contribution in [0.4, 0.5) is 0 Å². The summed E-state index contributed by atoms with van der Waals surface area (Å²) in [5.74, 6) is -0.350. The molecule has 0 saturated heterocycles. The molecule has 0 saturated carbocycles. The molecule has 0 bridgehead atoms. The maximum atomic E-state index is 11.3. The quantitative estimate of drug-likeness (QED) is 0.739. The number of aromatic nitrogens is 5. The van der Waals surface area contributed by atoms with E-state index in [0.717, 1.165) is 5.56 Å². The summed E-state index contributed by atoms with van der Waals surface area (Å²) in [5, 5.41) is 13.2. The molecule has 3 heterocycles. The molecule has 0 aromatic carbocycles. The van der Waals surface area contributed by atoms with Gasteiger partial charge < -0.3 is 5.11 Å². The number of pyridine rings is 1. The fourth-order valence-electron chi connectivity index (χ4n) is 1.78.